The van der Waals surface area contributed by atoms with Gasteiger partial charge in [0.2, 0.25) is 5.91 Å². The quantitative estimate of drug-likeness (QED) is 0.157. The Kier molecular flexibility index (Phi) is 12.0. The van der Waals surface area contributed by atoms with Gasteiger partial charge in [0.05, 0.1) is 18.2 Å². The van der Waals surface area contributed by atoms with Crippen molar-refractivity contribution in [2.24, 2.45) is 11.8 Å². The Morgan fingerprint density at radius 3 is 2.30 bits per heavy atom. The molecule has 3 N–H and O–H groups in total. The van der Waals surface area contributed by atoms with Crippen LogP contribution in [0.25, 0.3) is 10.8 Å². The molecule has 1 heterocycles. The van der Waals surface area contributed by atoms with Crippen molar-refractivity contribution in [1.29, 1.82) is 0 Å². The molecule has 0 spiro atoms. The van der Waals surface area contributed by atoms with Crippen LogP contribution in [0, 0.1) is 18.8 Å². The van der Waals surface area contributed by atoms with Crippen LogP contribution in [0.3, 0.4) is 0 Å². The van der Waals surface area contributed by atoms with E-state index >= 15 is 0 Å². The van der Waals surface area contributed by atoms with E-state index in [0.29, 0.717) is 35.9 Å². The van der Waals surface area contributed by atoms with E-state index in [0.717, 1.165) is 53.3 Å². The van der Waals surface area contributed by atoms with Crippen LogP contribution < -0.4 is 10.6 Å². The Morgan fingerprint density at radius 2 is 1.57 bits per heavy atom. The van der Waals surface area contributed by atoms with E-state index in [4.69, 9.17) is 0 Å². The van der Waals surface area contributed by atoms with Gasteiger partial charge in [0.15, 0.2) is 0 Å². The average molecular weight is 717 g/mol. The maximum Gasteiger partial charge on any atom is 0.253 e. The van der Waals surface area contributed by atoms with E-state index in [2.05, 4.69) is 39.8 Å². The number of piperidine rings is 1. The number of carbonyl (C=O) groups is 3. The zero-order valence-corrected chi connectivity index (χ0v) is 32.0. The summed E-state index contributed by atoms with van der Waals surface area (Å²) in [5, 5.41) is 20.6. The summed E-state index contributed by atoms with van der Waals surface area (Å²) < 4.78 is 0. The van der Waals surface area contributed by atoms with E-state index in [1.54, 1.807) is 30.1 Å². The number of amides is 3. The molecular formula is C45H56N4O4. The molecule has 2 fully saturated rings. The first kappa shape index (κ1) is 38.2. The van der Waals surface area contributed by atoms with Crippen molar-refractivity contribution in [3.8, 4) is 0 Å². The fourth-order valence-corrected chi connectivity index (χ4v) is 8.29. The second-order valence-electron chi connectivity index (χ2n) is 16.5. The molecule has 6 rings (SSSR count). The van der Waals surface area contributed by atoms with E-state index in [-0.39, 0.29) is 35.8 Å². The topological polar surface area (TPSA) is 102 Å². The lowest BCUT2D eigenvalue weighted by Crippen LogP contribution is -2.60. The number of hydrogen-bond donors (Lipinski definition) is 3. The molecular weight excluding hydrogens is 661 g/mol. The van der Waals surface area contributed by atoms with Gasteiger partial charge >= 0.3 is 0 Å². The van der Waals surface area contributed by atoms with Gasteiger partial charge in [-0.1, -0.05) is 92.1 Å². The van der Waals surface area contributed by atoms with Crippen LogP contribution >= 0.6 is 0 Å². The molecule has 2 aliphatic rings. The zero-order valence-electron chi connectivity index (χ0n) is 32.0. The minimum Gasteiger partial charge on any atom is -0.390 e. The van der Waals surface area contributed by atoms with Gasteiger partial charge in [-0.25, -0.2) is 0 Å². The smallest absolute Gasteiger partial charge is 0.253 e. The lowest BCUT2D eigenvalue weighted by Gasteiger charge is -2.47. The molecule has 4 aromatic carbocycles. The fourth-order valence-electron chi connectivity index (χ4n) is 8.29. The van der Waals surface area contributed by atoms with Gasteiger partial charge in [-0.2, -0.15) is 0 Å². The molecule has 280 valence electrons. The summed E-state index contributed by atoms with van der Waals surface area (Å²) in [6.45, 7) is 9.29. The minimum absolute atomic E-state index is 0.0000545. The number of benzene rings is 4. The number of nitrogens with zero attached hydrogens (tertiary/aromatic N) is 2. The highest BCUT2D eigenvalue weighted by molar-refractivity contribution is 6.00. The van der Waals surface area contributed by atoms with Crippen LogP contribution in [0.2, 0.25) is 0 Å². The molecule has 8 nitrogen and oxygen atoms in total. The summed E-state index contributed by atoms with van der Waals surface area (Å²) in [4.78, 5) is 45.3. The van der Waals surface area contributed by atoms with Crippen molar-refractivity contribution in [3.05, 3.63) is 119 Å². The predicted octanol–water partition coefficient (Wildman–Crippen LogP) is 6.92. The number of hydrogen-bond acceptors (Lipinski definition) is 5. The number of fused-ring (bicyclic) bond motifs is 2. The van der Waals surface area contributed by atoms with Crippen molar-refractivity contribution < 1.29 is 19.5 Å². The van der Waals surface area contributed by atoms with E-state index in [1.165, 1.54) is 12.8 Å². The number of β-amino-alcohol motifs (C(OH)–C–C–N with tert-alkyl or cyclic N) is 1. The average Bonchev–Trinajstić information content (AvgIpc) is 3.13. The molecule has 1 aliphatic carbocycles. The van der Waals surface area contributed by atoms with Gasteiger partial charge in [-0.15, -0.1) is 0 Å². The lowest BCUT2D eigenvalue weighted by molar-refractivity contribution is -0.132. The standard InChI is InChI=1S/C45H56N4O4/c1-30-19-21-36(44(53)48(5)27-32-20-22-33-15-9-10-16-34(33)23-32)25-38(30)42(51)46-39(24-31-13-7-6-8-14-31)41(50)29-49-28-37-18-12-11-17-35(37)26-40(49)43(52)47-45(2,3)4/h6-10,13-16,19-23,25,35,37,39-41,50H,11-12,17-18,24,26-29H2,1-5H3,(H,46,51)(H,47,52)/t35-,37+,39-,40-,41-/m0/s1. The first-order chi connectivity index (χ1) is 25.3. The Hall–Kier alpha value is -4.53. The fraction of sp³-hybridized carbons (Fsp3) is 0.444. The largest absolute Gasteiger partial charge is 0.390 e. The van der Waals surface area contributed by atoms with Crippen molar-refractivity contribution in [1.82, 2.24) is 20.4 Å². The summed E-state index contributed by atoms with van der Waals surface area (Å²) in [6, 6.07) is 28.5. The highest BCUT2D eigenvalue weighted by Gasteiger charge is 2.42. The molecule has 5 atom stereocenters. The Balaban J connectivity index is 1.20. The SMILES string of the molecule is Cc1ccc(C(=O)N(C)Cc2ccc3ccccc3c2)cc1C(=O)N[C@@H](Cc1ccccc1)[C@@H](O)CN1C[C@H]2CCCC[C@H]2C[C@H]1C(=O)NC(C)(C)C. The van der Waals surface area contributed by atoms with Crippen LogP contribution in [-0.4, -0.2) is 76.5 Å². The third kappa shape index (κ3) is 9.72. The third-order valence-electron chi connectivity index (χ3n) is 11.1. The van der Waals surface area contributed by atoms with E-state index in [1.807, 2.05) is 76.2 Å². The van der Waals surface area contributed by atoms with Crippen LogP contribution in [0.15, 0.2) is 91.0 Å². The maximum atomic E-state index is 14.1. The Morgan fingerprint density at radius 1 is 0.868 bits per heavy atom. The number of likely N-dealkylation sites (tertiary alicyclic amines) is 1. The monoisotopic (exact) mass is 716 g/mol. The van der Waals surface area contributed by atoms with Crippen molar-refractivity contribution in [2.45, 2.75) is 96.5 Å². The second kappa shape index (κ2) is 16.6. The highest BCUT2D eigenvalue weighted by Crippen LogP contribution is 2.39. The molecule has 1 saturated heterocycles. The van der Waals surface area contributed by atoms with Crippen molar-refractivity contribution in [3.63, 3.8) is 0 Å². The minimum atomic E-state index is -0.942. The van der Waals surface area contributed by atoms with E-state index in [9.17, 15) is 19.5 Å². The van der Waals surface area contributed by atoms with Crippen molar-refractivity contribution in [2.75, 3.05) is 20.1 Å². The van der Waals surface area contributed by atoms with Gasteiger partial charge in [0.1, 0.15) is 0 Å². The molecule has 53 heavy (non-hydrogen) atoms. The number of nitrogens with one attached hydrogen (secondary N) is 2. The van der Waals surface area contributed by atoms with Gasteiger partial charge in [0, 0.05) is 43.3 Å². The molecule has 8 heteroatoms. The first-order valence-corrected chi connectivity index (χ1v) is 19.3. The summed E-state index contributed by atoms with van der Waals surface area (Å²) in [6.07, 6.45) is 4.94. The number of aliphatic hydroxyl groups excluding tert-OH is 1. The Bertz CT molecular complexity index is 1900. The number of carbonyl (C=O) groups excluding carboxylic acids is 3. The summed E-state index contributed by atoms with van der Waals surface area (Å²) >= 11 is 0. The zero-order chi connectivity index (χ0) is 37.7. The molecule has 4 aromatic rings. The van der Waals surface area contributed by atoms with Gasteiger partial charge < -0.3 is 20.6 Å². The summed E-state index contributed by atoms with van der Waals surface area (Å²) in [5.74, 6) is 0.484. The summed E-state index contributed by atoms with van der Waals surface area (Å²) in [5.41, 5.74) is 3.20. The predicted molar refractivity (Wildman–Crippen MR) is 212 cm³/mol. The van der Waals surface area contributed by atoms with Gasteiger partial charge in [-0.05, 0) is 104 Å². The number of aryl methyl sites for hydroxylation is 1. The normalized spacial score (nSPS) is 20.2. The first-order valence-electron chi connectivity index (χ1n) is 19.3. The van der Waals surface area contributed by atoms with Crippen LogP contribution in [0.5, 0.6) is 0 Å². The van der Waals surface area contributed by atoms with Crippen LogP contribution in [0.4, 0.5) is 0 Å². The van der Waals surface area contributed by atoms with Crippen molar-refractivity contribution >= 4 is 28.5 Å². The molecule has 1 saturated carbocycles. The van der Waals surface area contributed by atoms with Crippen LogP contribution in [0.1, 0.15) is 90.3 Å². The van der Waals surface area contributed by atoms with Gasteiger partial charge in [-0.3, -0.25) is 19.3 Å². The van der Waals surface area contributed by atoms with E-state index < -0.39 is 12.1 Å². The number of rotatable bonds is 11. The molecule has 0 bridgehead atoms. The van der Waals surface area contributed by atoms with Gasteiger partial charge in [0.25, 0.3) is 11.8 Å². The molecule has 0 aromatic heterocycles. The molecule has 3 amide bonds. The molecule has 0 radical (unpaired) electrons. The molecule has 1 aliphatic heterocycles. The number of aliphatic hydroxyl groups is 1. The lowest BCUT2D eigenvalue weighted by atomic mass is 9.72. The third-order valence-corrected chi connectivity index (χ3v) is 11.1. The molecule has 0 unspecified atom stereocenters. The second-order valence-corrected chi connectivity index (χ2v) is 16.5. The van der Waals surface area contributed by atoms with Crippen LogP contribution in [-0.2, 0) is 17.8 Å². The Labute approximate surface area is 315 Å². The maximum absolute atomic E-state index is 14.1. The highest BCUT2D eigenvalue weighted by atomic mass is 16.3. The summed E-state index contributed by atoms with van der Waals surface area (Å²) in [7, 11) is 1.77.